The maximum absolute atomic E-state index is 12.6. The molecule has 3 aromatic rings. The minimum atomic E-state index is -3.54. The number of benzene rings is 2. The first-order chi connectivity index (χ1) is 15.0. The Morgan fingerprint density at radius 2 is 1.68 bits per heavy atom. The number of rotatable bonds is 8. The molecule has 1 aromatic heterocycles. The van der Waals surface area contributed by atoms with Gasteiger partial charge in [0.05, 0.1) is 4.90 Å². The van der Waals surface area contributed by atoms with Crippen LogP contribution in [0.2, 0.25) is 5.02 Å². The molecule has 2 N–H and O–H groups in total. The van der Waals surface area contributed by atoms with Crippen LogP contribution in [-0.2, 0) is 10.0 Å². The van der Waals surface area contributed by atoms with Crippen LogP contribution in [0.25, 0.3) is 10.8 Å². The topological polar surface area (TPSA) is 74.3 Å². The third-order valence-corrected chi connectivity index (χ3v) is 7.45. The van der Waals surface area contributed by atoms with Crippen molar-refractivity contribution in [1.82, 2.24) is 15.0 Å². The van der Waals surface area contributed by atoms with Crippen LogP contribution < -0.4 is 14.9 Å². The van der Waals surface area contributed by atoms with E-state index in [4.69, 9.17) is 11.6 Å². The van der Waals surface area contributed by atoms with Gasteiger partial charge in [0.2, 0.25) is 10.0 Å². The van der Waals surface area contributed by atoms with E-state index in [1.54, 1.807) is 24.3 Å². The first-order valence-corrected chi connectivity index (χ1v) is 12.4. The maximum Gasteiger partial charge on any atom is 0.240 e. The average molecular weight is 459 g/mol. The lowest BCUT2D eigenvalue weighted by Crippen LogP contribution is -2.39. The van der Waals surface area contributed by atoms with Crippen LogP contribution in [0, 0.1) is 5.92 Å². The van der Waals surface area contributed by atoms with Gasteiger partial charge in [-0.15, -0.1) is 0 Å². The summed E-state index contributed by atoms with van der Waals surface area (Å²) in [7, 11) is -3.54. The van der Waals surface area contributed by atoms with E-state index in [2.05, 4.69) is 32.1 Å². The number of anilines is 1. The SMILES string of the molecule is O=S(=O)(NCCNCC1CCN(c2ccncc2)CC1)c1ccc2cc(Cl)ccc2c1. The van der Waals surface area contributed by atoms with Gasteiger partial charge in [-0.2, -0.15) is 0 Å². The fourth-order valence-corrected chi connectivity index (χ4v) is 5.22. The van der Waals surface area contributed by atoms with E-state index >= 15 is 0 Å². The largest absolute Gasteiger partial charge is 0.371 e. The molecule has 4 rings (SSSR count). The number of hydrogen-bond acceptors (Lipinski definition) is 5. The monoisotopic (exact) mass is 458 g/mol. The Labute approximate surface area is 188 Å². The van der Waals surface area contributed by atoms with E-state index in [1.807, 2.05) is 24.5 Å². The van der Waals surface area contributed by atoms with Crippen LogP contribution in [0.4, 0.5) is 5.69 Å². The molecule has 1 aliphatic heterocycles. The molecule has 0 radical (unpaired) electrons. The molecule has 0 atom stereocenters. The lowest BCUT2D eigenvalue weighted by molar-refractivity contribution is 0.384. The van der Waals surface area contributed by atoms with Crippen molar-refractivity contribution >= 4 is 38.1 Å². The predicted molar refractivity (Wildman–Crippen MR) is 126 cm³/mol. The second-order valence-corrected chi connectivity index (χ2v) is 10.1. The molecule has 6 nitrogen and oxygen atoms in total. The van der Waals surface area contributed by atoms with Crippen molar-refractivity contribution in [3.8, 4) is 0 Å². The molecule has 2 heterocycles. The lowest BCUT2D eigenvalue weighted by atomic mass is 9.96. The molecule has 1 fully saturated rings. The third kappa shape index (κ3) is 5.74. The van der Waals surface area contributed by atoms with Crippen LogP contribution in [0.3, 0.4) is 0 Å². The number of fused-ring (bicyclic) bond motifs is 1. The summed E-state index contributed by atoms with van der Waals surface area (Å²) in [5.74, 6) is 0.613. The van der Waals surface area contributed by atoms with E-state index in [9.17, 15) is 8.42 Å². The van der Waals surface area contributed by atoms with Gasteiger partial charge < -0.3 is 10.2 Å². The van der Waals surface area contributed by atoms with E-state index < -0.39 is 10.0 Å². The van der Waals surface area contributed by atoms with E-state index in [1.165, 1.54) is 5.69 Å². The molecule has 31 heavy (non-hydrogen) atoms. The van der Waals surface area contributed by atoms with Gasteiger partial charge in [0.15, 0.2) is 0 Å². The van der Waals surface area contributed by atoms with Crippen molar-refractivity contribution in [3.63, 3.8) is 0 Å². The van der Waals surface area contributed by atoms with Crippen LogP contribution in [0.15, 0.2) is 65.8 Å². The molecule has 0 saturated carbocycles. The number of piperidine rings is 1. The Morgan fingerprint density at radius 3 is 2.45 bits per heavy atom. The third-order valence-electron chi connectivity index (χ3n) is 5.75. The smallest absolute Gasteiger partial charge is 0.240 e. The van der Waals surface area contributed by atoms with Gasteiger partial charge in [-0.1, -0.05) is 23.7 Å². The van der Waals surface area contributed by atoms with Crippen LogP contribution >= 0.6 is 11.6 Å². The Hall–Kier alpha value is -2.19. The zero-order valence-corrected chi connectivity index (χ0v) is 18.9. The maximum atomic E-state index is 12.6. The minimum absolute atomic E-state index is 0.269. The highest BCUT2D eigenvalue weighted by molar-refractivity contribution is 7.89. The second kappa shape index (κ2) is 9.96. The highest BCUT2D eigenvalue weighted by Gasteiger charge is 2.19. The molecule has 1 saturated heterocycles. The number of hydrogen-bond donors (Lipinski definition) is 2. The molecule has 0 aliphatic carbocycles. The summed E-state index contributed by atoms with van der Waals surface area (Å²) < 4.78 is 27.9. The molecular weight excluding hydrogens is 432 g/mol. The predicted octanol–water partition coefficient (Wildman–Crippen LogP) is 3.67. The zero-order chi connectivity index (χ0) is 21.7. The molecule has 164 valence electrons. The quantitative estimate of drug-likeness (QED) is 0.504. The highest BCUT2D eigenvalue weighted by atomic mass is 35.5. The Morgan fingerprint density at radius 1 is 0.968 bits per heavy atom. The number of sulfonamides is 1. The Kier molecular flexibility index (Phi) is 7.07. The van der Waals surface area contributed by atoms with Gasteiger partial charge >= 0.3 is 0 Å². The van der Waals surface area contributed by atoms with Crippen molar-refractivity contribution in [3.05, 3.63) is 65.9 Å². The van der Waals surface area contributed by atoms with Crippen LogP contribution in [0.1, 0.15) is 12.8 Å². The fourth-order valence-electron chi connectivity index (χ4n) is 3.98. The molecule has 0 bridgehead atoms. The summed E-state index contributed by atoms with van der Waals surface area (Å²) in [6, 6.07) is 14.6. The van der Waals surface area contributed by atoms with E-state index in [0.29, 0.717) is 24.0 Å². The summed E-state index contributed by atoms with van der Waals surface area (Å²) in [5.41, 5.74) is 1.23. The summed E-state index contributed by atoms with van der Waals surface area (Å²) in [6.45, 7) is 3.94. The molecule has 1 aliphatic rings. The molecule has 0 unspecified atom stereocenters. The van der Waals surface area contributed by atoms with Gasteiger partial charge in [-0.25, -0.2) is 13.1 Å². The van der Waals surface area contributed by atoms with Gasteiger partial charge in [0, 0.05) is 49.3 Å². The Balaban J connectivity index is 1.20. The molecule has 8 heteroatoms. The number of aromatic nitrogens is 1. The normalized spacial score (nSPS) is 15.5. The van der Waals surface area contributed by atoms with Gasteiger partial charge in [-0.3, -0.25) is 4.98 Å². The number of nitrogens with zero attached hydrogens (tertiary/aromatic N) is 2. The molecule has 2 aromatic carbocycles. The highest BCUT2D eigenvalue weighted by Crippen LogP contribution is 2.23. The lowest BCUT2D eigenvalue weighted by Gasteiger charge is -2.33. The van der Waals surface area contributed by atoms with E-state index in [0.717, 1.165) is 43.2 Å². The summed E-state index contributed by atoms with van der Waals surface area (Å²) in [6.07, 6.45) is 5.92. The standard InChI is InChI=1S/C23H27ClN4O2S/c24-21-3-1-20-16-23(4-2-19(20)15-21)31(29,30)27-12-11-26-17-18-7-13-28(14-8-18)22-5-9-25-10-6-22/h1-6,9-10,15-16,18,26-27H,7-8,11-14,17H2. The Bertz CT molecular complexity index is 1120. The van der Waals surface area contributed by atoms with E-state index in [-0.39, 0.29) is 4.90 Å². The number of halogens is 1. The minimum Gasteiger partial charge on any atom is -0.371 e. The van der Waals surface area contributed by atoms with Crippen LogP contribution in [0.5, 0.6) is 0 Å². The molecule has 0 amide bonds. The average Bonchev–Trinajstić information content (AvgIpc) is 2.79. The van der Waals surface area contributed by atoms with Crippen molar-refractivity contribution in [1.29, 1.82) is 0 Å². The van der Waals surface area contributed by atoms with Crippen molar-refractivity contribution in [2.24, 2.45) is 5.92 Å². The van der Waals surface area contributed by atoms with Gasteiger partial charge in [0.1, 0.15) is 0 Å². The van der Waals surface area contributed by atoms with Crippen molar-refractivity contribution < 1.29 is 8.42 Å². The first-order valence-electron chi connectivity index (χ1n) is 10.6. The number of nitrogens with one attached hydrogen (secondary N) is 2. The molecule has 0 spiro atoms. The first kappa shape index (κ1) is 22.0. The summed E-state index contributed by atoms with van der Waals surface area (Å²) in [4.78, 5) is 6.74. The number of pyridine rings is 1. The summed E-state index contributed by atoms with van der Waals surface area (Å²) in [5, 5.41) is 5.80. The van der Waals surface area contributed by atoms with Crippen LogP contribution in [-0.4, -0.2) is 46.1 Å². The second-order valence-electron chi connectivity index (χ2n) is 7.89. The van der Waals surface area contributed by atoms with Gasteiger partial charge in [-0.05, 0) is 72.5 Å². The zero-order valence-electron chi connectivity index (χ0n) is 17.3. The van der Waals surface area contributed by atoms with Gasteiger partial charge in [0.25, 0.3) is 0 Å². The van der Waals surface area contributed by atoms with Crippen molar-refractivity contribution in [2.75, 3.05) is 37.6 Å². The summed E-state index contributed by atoms with van der Waals surface area (Å²) >= 11 is 6.00. The van der Waals surface area contributed by atoms with Crippen molar-refractivity contribution in [2.45, 2.75) is 17.7 Å². The fraction of sp³-hybridized carbons (Fsp3) is 0.348. The molecular formula is C23H27ClN4O2S.